The zero-order valence-electron chi connectivity index (χ0n) is 12.9. The zero-order chi connectivity index (χ0) is 14.3. The average Bonchev–Trinajstić information content (AvgIpc) is 2.38. The van der Waals surface area contributed by atoms with Crippen molar-refractivity contribution in [1.82, 2.24) is 14.9 Å². The Labute approximate surface area is 117 Å². The molecule has 1 N–H and O–H groups in total. The maximum atomic E-state index is 4.46. The van der Waals surface area contributed by atoms with Gasteiger partial charge in [0.25, 0.3) is 0 Å². The van der Waals surface area contributed by atoms with Crippen molar-refractivity contribution >= 4 is 11.6 Å². The van der Waals surface area contributed by atoms with E-state index in [-0.39, 0.29) is 0 Å². The minimum absolute atomic E-state index is 0.950. The van der Waals surface area contributed by atoms with Gasteiger partial charge in [-0.1, -0.05) is 13.3 Å². The van der Waals surface area contributed by atoms with Crippen LogP contribution in [0.25, 0.3) is 0 Å². The summed E-state index contributed by atoms with van der Waals surface area (Å²) in [6.45, 7) is 4.29. The SMILES string of the molecule is CCCc1c(NC)ncnc1N(C)CCCN(C)C. The number of rotatable bonds is 8. The second kappa shape index (κ2) is 7.94. The van der Waals surface area contributed by atoms with Gasteiger partial charge in [0.05, 0.1) is 0 Å². The third-order valence-electron chi connectivity index (χ3n) is 3.12. The van der Waals surface area contributed by atoms with E-state index in [1.807, 2.05) is 7.05 Å². The van der Waals surface area contributed by atoms with Gasteiger partial charge in [-0.3, -0.25) is 0 Å². The third-order valence-corrected chi connectivity index (χ3v) is 3.12. The molecule has 0 aliphatic rings. The second-order valence-electron chi connectivity index (χ2n) is 5.10. The van der Waals surface area contributed by atoms with Crippen molar-refractivity contribution in [3.8, 4) is 0 Å². The molecule has 0 spiro atoms. The summed E-state index contributed by atoms with van der Waals surface area (Å²) in [5.41, 5.74) is 1.22. The highest BCUT2D eigenvalue weighted by Crippen LogP contribution is 2.23. The van der Waals surface area contributed by atoms with Crippen LogP contribution in [-0.4, -0.2) is 56.1 Å². The van der Waals surface area contributed by atoms with Crippen LogP contribution >= 0.6 is 0 Å². The van der Waals surface area contributed by atoms with Crippen LogP contribution in [-0.2, 0) is 6.42 Å². The van der Waals surface area contributed by atoms with Crippen molar-refractivity contribution in [2.45, 2.75) is 26.2 Å². The van der Waals surface area contributed by atoms with Gasteiger partial charge < -0.3 is 15.1 Å². The molecule has 1 aromatic heterocycles. The Kier molecular flexibility index (Phi) is 6.56. The minimum Gasteiger partial charge on any atom is -0.373 e. The Morgan fingerprint density at radius 3 is 2.47 bits per heavy atom. The fraction of sp³-hybridized carbons (Fsp3) is 0.714. The fourth-order valence-electron chi connectivity index (χ4n) is 2.16. The van der Waals surface area contributed by atoms with E-state index < -0.39 is 0 Å². The molecule has 0 saturated carbocycles. The number of hydrogen-bond acceptors (Lipinski definition) is 5. The van der Waals surface area contributed by atoms with E-state index in [9.17, 15) is 0 Å². The Morgan fingerprint density at radius 2 is 1.89 bits per heavy atom. The number of anilines is 2. The number of nitrogens with zero attached hydrogens (tertiary/aromatic N) is 4. The molecule has 0 aliphatic heterocycles. The summed E-state index contributed by atoms with van der Waals surface area (Å²) in [5, 5.41) is 3.16. The van der Waals surface area contributed by atoms with Crippen LogP contribution in [0.15, 0.2) is 6.33 Å². The molecular formula is C14H27N5. The first-order valence-corrected chi connectivity index (χ1v) is 6.97. The van der Waals surface area contributed by atoms with Crippen LogP contribution in [0.5, 0.6) is 0 Å². The lowest BCUT2D eigenvalue weighted by molar-refractivity contribution is 0.401. The molecule has 0 aromatic carbocycles. The summed E-state index contributed by atoms with van der Waals surface area (Å²) in [6.07, 6.45) is 4.88. The van der Waals surface area contributed by atoms with E-state index >= 15 is 0 Å². The van der Waals surface area contributed by atoms with E-state index in [0.717, 1.165) is 44.0 Å². The van der Waals surface area contributed by atoms with Gasteiger partial charge in [-0.05, 0) is 33.5 Å². The predicted molar refractivity (Wildman–Crippen MR) is 82.0 cm³/mol. The highest BCUT2D eigenvalue weighted by Gasteiger charge is 2.13. The van der Waals surface area contributed by atoms with Gasteiger partial charge >= 0.3 is 0 Å². The van der Waals surface area contributed by atoms with Gasteiger partial charge in [-0.15, -0.1) is 0 Å². The van der Waals surface area contributed by atoms with Crippen molar-refractivity contribution in [3.05, 3.63) is 11.9 Å². The van der Waals surface area contributed by atoms with Crippen LogP contribution < -0.4 is 10.2 Å². The van der Waals surface area contributed by atoms with Crippen LogP contribution in [0.4, 0.5) is 11.6 Å². The largest absolute Gasteiger partial charge is 0.373 e. The molecule has 0 atom stereocenters. The van der Waals surface area contributed by atoms with Gasteiger partial charge in [-0.2, -0.15) is 0 Å². The topological polar surface area (TPSA) is 44.3 Å². The summed E-state index contributed by atoms with van der Waals surface area (Å²) >= 11 is 0. The molecule has 1 aromatic rings. The third kappa shape index (κ3) is 4.67. The molecule has 1 rings (SSSR count). The number of nitrogens with one attached hydrogen (secondary N) is 1. The monoisotopic (exact) mass is 265 g/mol. The van der Waals surface area contributed by atoms with Crippen LogP contribution in [0, 0.1) is 0 Å². The maximum Gasteiger partial charge on any atom is 0.137 e. The molecule has 0 bridgehead atoms. The zero-order valence-corrected chi connectivity index (χ0v) is 12.9. The van der Waals surface area contributed by atoms with E-state index in [0.29, 0.717) is 0 Å². The molecular weight excluding hydrogens is 238 g/mol. The Morgan fingerprint density at radius 1 is 1.16 bits per heavy atom. The molecule has 108 valence electrons. The Bertz CT molecular complexity index is 378. The average molecular weight is 265 g/mol. The van der Waals surface area contributed by atoms with Crippen molar-refractivity contribution in [2.24, 2.45) is 0 Å². The smallest absolute Gasteiger partial charge is 0.137 e. The lowest BCUT2D eigenvalue weighted by Crippen LogP contribution is -2.25. The maximum absolute atomic E-state index is 4.46. The number of aromatic nitrogens is 2. The molecule has 0 amide bonds. The van der Waals surface area contributed by atoms with Gasteiger partial charge in [0.1, 0.15) is 18.0 Å². The van der Waals surface area contributed by atoms with Crippen LogP contribution in [0.1, 0.15) is 25.3 Å². The quantitative estimate of drug-likeness (QED) is 0.777. The van der Waals surface area contributed by atoms with Crippen molar-refractivity contribution in [1.29, 1.82) is 0 Å². The molecule has 0 saturated heterocycles. The van der Waals surface area contributed by atoms with Gasteiger partial charge in [-0.25, -0.2) is 9.97 Å². The molecule has 5 heteroatoms. The van der Waals surface area contributed by atoms with Gasteiger partial charge in [0, 0.05) is 26.2 Å². The molecule has 5 nitrogen and oxygen atoms in total. The molecule has 1 heterocycles. The highest BCUT2D eigenvalue weighted by atomic mass is 15.2. The van der Waals surface area contributed by atoms with E-state index in [2.05, 4.69) is 53.2 Å². The number of hydrogen-bond donors (Lipinski definition) is 1. The van der Waals surface area contributed by atoms with E-state index in [4.69, 9.17) is 0 Å². The summed E-state index contributed by atoms with van der Waals surface area (Å²) in [5.74, 6) is 2.01. The lowest BCUT2D eigenvalue weighted by Gasteiger charge is -2.23. The van der Waals surface area contributed by atoms with Gasteiger partial charge in [0.15, 0.2) is 0 Å². The van der Waals surface area contributed by atoms with Crippen LogP contribution in [0.3, 0.4) is 0 Å². The first-order chi connectivity index (χ1) is 9.10. The van der Waals surface area contributed by atoms with E-state index in [1.165, 1.54) is 5.56 Å². The fourth-order valence-corrected chi connectivity index (χ4v) is 2.16. The summed E-state index contributed by atoms with van der Waals surface area (Å²) in [6, 6.07) is 0. The molecule has 19 heavy (non-hydrogen) atoms. The standard InChI is InChI=1S/C14H27N5/c1-6-8-12-13(15-2)16-11-17-14(12)19(5)10-7-9-18(3)4/h11H,6-10H2,1-5H3,(H,15,16,17). The van der Waals surface area contributed by atoms with Crippen LogP contribution in [0.2, 0.25) is 0 Å². The molecule has 0 radical (unpaired) electrons. The van der Waals surface area contributed by atoms with Crippen molar-refractivity contribution in [3.63, 3.8) is 0 Å². The highest BCUT2D eigenvalue weighted by molar-refractivity contribution is 5.58. The Balaban J connectivity index is 2.79. The van der Waals surface area contributed by atoms with E-state index in [1.54, 1.807) is 6.33 Å². The molecule has 0 aliphatic carbocycles. The molecule has 0 unspecified atom stereocenters. The van der Waals surface area contributed by atoms with Crippen molar-refractivity contribution in [2.75, 3.05) is 51.5 Å². The summed E-state index contributed by atoms with van der Waals surface area (Å²) in [4.78, 5) is 13.2. The second-order valence-corrected chi connectivity index (χ2v) is 5.10. The van der Waals surface area contributed by atoms with Gasteiger partial charge in [0.2, 0.25) is 0 Å². The Hall–Kier alpha value is -1.36. The minimum atomic E-state index is 0.950. The molecule has 0 fully saturated rings. The van der Waals surface area contributed by atoms with Crippen molar-refractivity contribution < 1.29 is 0 Å². The normalized spacial score (nSPS) is 10.8. The predicted octanol–water partition coefficient (Wildman–Crippen LogP) is 1.86. The summed E-state index contributed by atoms with van der Waals surface area (Å²) in [7, 11) is 8.23. The first-order valence-electron chi connectivity index (χ1n) is 6.97. The first kappa shape index (κ1) is 15.7. The summed E-state index contributed by atoms with van der Waals surface area (Å²) < 4.78 is 0. The lowest BCUT2D eigenvalue weighted by atomic mass is 10.1.